The summed E-state index contributed by atoms with van der Waals surface area (Å²) in [7, 11) is 0. The lowest BCUT2D eigenvalue weighted by Crippen LogP contribution is -2.12. The van der Waals surface area contributed by atoms with Gasteiger partial charge in [0.25, 0.3) is 0 Å². The van der Waals surface area contributed by atoms with E-state index in [0.29, 0.717) is 23.3 Å². The van der Waals surface area contributed by atoms with Crippen LogP contribution in [-0.2, 0) is 11.2 Å². The Balaban J connectivity index is 1.59. The van der Waals surface area contributed by atoms with Crippen molar-refractivity contribution in [3.63, 3.8) is 0 Å². The second-order valence-electron chi connectivity index (χ2n) is 4.77. The van der Waals surface area contributed by atoms with E-state index in [9.17, 15) is 4.79 Å². The van der Waals surface area contributed by atoms with Crippen LogP contribution in [0.4, 0.5) is 5.13 Å². The fourth-order valence-corrected chi connectivity index (χ4v) is 2.49. The molecular formula is C15H14N4O2S. The predicted octanol–water partition coefficient (Wildman–Crippen LogP) is 3.07. The van der Waals surface area contributed by atoms with Gasteiger partial charge in [-0.15, -0.1) is 11.3 Å². The molecule has 0 fully saturated rings. The van der Waals surface area contributed by atoms with Crippen molar-refractivity contribution in [1.82, 2.24) is 15.1 Å². The smallest absolute Gasteiger partial charge is 0.227 e. The number of carbonyl (C=O) groups is 1. The maximum atomic E-state index is 11.8. The molecule has 0 saturated heterocycles. The van der Waals surface area contributed by atoms with Crippen LogP contribution in [0, 0.1) is 6.92 Å². The first-order chi connectivity index (χ1) is 10.7. The fourth-order valence-electron chi connectivity index (χ4n) is 1.95. The van der Waals surface area contributed by atoms with Gasteiger partial charge in [-0.1, -0.05) is 28.9 Å². The molecular weight excluding hydrogens is 300 g/mol. The number of nitrogens with one attached hydrogen (secondary N) is 1. The van der Waals surface area contributed by atoms with Gasteiger partial charge >= 0.3 is 0 Å². The van der Waals surface area contributed by atoms with Crippen molar-refractivity contribution in [2.45, 2.75) is 19.8 Å². The third kappa shape index (κ3) is 3.56. The van der Waals surface area contributed by atoms with Gasteiger partial charge < -0.3 is 9.84 Å². The molecule has 0 aliphatic heterocycles. The Labute approximate surface area is 131 Å². The molecule has 112 valence electrons. The lowest BCUT2D eigenvalue weighted by Gasteiger charge is -1.98. The Kier molecular flexibility index (Phi) is 4.24. The van der Waals surface area contributed by atoms with Gasteiger partial charge in [-0.2, -0.15) is 4.98 Å². The SMILES string of the molecule is Cc1cccc(-c2noc(CCC(=O)Nc3nccs3)n2)c1. The van der Waals surface area contributed by atoms with Gasteiger partial charge in [0.2, 0.25) is 17.6 Å². The Morgan fingerprint density at radius 2 is 2.32 bits per heavy atom. The number of hydrogen-bond acceptors (Lipinski definition) is 6. The zero-order chi connectivity index (χ0) is 15.4. The molecule has 3 rings (SSSR count). The highest BCUT2D eigenvalue weighted by atomic mass is 32.1. The van der Waals surface area contributed by atoms with Crippen molar-refractivity contribution in [3.05, 3.63) is 47.3 Å². The van der Waals surface area contributed by atoms with E-state index in [-0.39, 0.29) is 12.3 Å². The second kappa shape index (κ2) is 6.48. The van der Waals surface area contributed by atoms with Crippen LogP contribution in [0.25, 0.3) is 11.4 Å². The average Bonchev–Trinajstić information content (AvgIpc) is 3.16. The van der Waals surface area contributed by atoms with Crippen LogP contribution in [0.2, 0.25) is 0 Å². The first-order valence-corrected chi connectivity index (χ1v) is 7.67. The molecule has 7 heteroatoms. The summed E-state index contributed by atoms with van der Waals surface area (Å²) in [6, 6.07) is 7.87. The minimum absolute atomic E-state index is 0.120. The highest BCUT2D eigenvalue weighted by Gasteiger charge is 2.11. The Hall–Kier alpha value is -2.54. The number of thiazole rings is 1. The van der Waals surface area contributed by atoms with Crippen LogP contribution in [0.3, 0.4) is 0 Å². The third-order valence-electron chi connectivity index (χ3n) is 2.99. The number of aryl methyl sites for hydroxylation is 2. The highest BCUT2D eigenvalue weighted by Crippen LogP contribution is 2.17. The molecule has 2 heterocycles. The van der Waals surface area contributed by atoms with Crippen LogP contribution in [0.15, 0.2) is 40.4 Å². The average molecular weight is 314 g/mol. The summed E-state index contributed by atoms with van der Waals surface area (Å²) in [5, 5.41) is 9.07. The number of anilines is 1. The topological polar surface area (TPSA) is 80.9 Å². The molecule has 0 saturated carbocycles. The van der Waals surface area contributed by atoms with Crippen molar-refractivity contribution >= 4 is 22.4 Å². The van der Waals surface area contributed by atoms with E-state index >= 15 is 0 Å². The summed E-state index contributed by atoms with van der Waals surface area (Å²) in [6.45, 7) is 2.01. The summed E-state index contributed by atoms with van der Waals surface area (Å²) < 4.78 is 5.19. The predicted molar refractivity (Wildman–Crippen MR) is 83.5 cm³/mol. The second-order valence-corrected chi connectivity index (χ2v) is 5.66. The zero-order valence-electron chi connectivity index (χ0n) is 11.9. The van der Waals surface area contributed by atoms with Gasteiger partial charge in [0.1, 0.15) is 0 Å². The quantitative estimate of drug-likeness (QED) is 0.782. The summed E-state index contributed by atoms with van der Waals surface area (Å²) in [4.78, 5) is 20.1. The molecule has 1 amide bonds. The highest BCUT2D eigenvalue weighted by molar-refractivity contribution is 7.13. The minimum Gasteiger partial charge on any atom is -0.339 e. The molecule has 0 unspecified atom stereocenters. The molecule has 0 aliphatic rings. The van der Waals surface area contributed by atoms with Gasteiger partial charge in [-0.05, 0) is 13.0 Å². The number of nitrogens with zero attached hydrogens (tertiary/aromatic N) is 3. The van der Waals surface area contributed by atoms with Gasteiger partial charge in [-0.25, -0.2) is 4.98 Å². The molecule has 22 heavy (non-hydrogen) atoms. The van der Waals surface area contributed by atoms with Gasteiger partial charge in [0, 0.05) is 30.0 Å². The van der Waals surface area contributed by atoms with Crippen molar-refractivity contribution in [3.8, 4) is 11.4 Å². The Bertz CT molecular complexity index is 767. The molecule has 0 bridgehead atoms. The summed E-state index contributed by atoms with van der Waals surface area (Å²) >= 11 is 1.38. The number of hydrogen-bond donors (Lipinski definition) is 1. The number of aromatic nitrogens is 3. The first kappa shape index (κ1) is 14.4. The van der Waals surface area contributed by atoms with Crippen LogP contribution in [0.5, 0.6) is 0 Å². The molecule has 2 aromatic heterocycles. The Morgan fingerprint density at radius 1 is 1.41 bits per heavy atom. The maximum absolute atomic E-state index is 11.8. The van der Waals surface area contributed by atoms with E-state index in [4.69, 9.17) is 4.52 Å². The van der Waals surface area contributed by atoms with E-state index in [0.717, 1.165) is 11.1 Å². The molecule has 6 nitrogen and oxygen atoms in total. The van der Waals surface area contributed by atoms with Crippen molar-refractivity contribution in [2.75, 3.05) is 5.32 Å². The summed E-state index contributed by atoms with van der Waals surface area (Å²) in [5.41, 5.74) is 2.04. The van der Waals surface area contributed by atoms with Crippen molar-refractivity contribution in [1.29, 1.82) is 0 Å². The van der Waals surface area contributed by atoms with Crippen LogP contribution in [-0.4, -0.2) is 21.0 Å². The van der Waals surface area contributed by atoms with Crippen LogP contribution < -0.4 is 5.32 Å². The normalized spacial score (nSPS) is 10.6. The van der Waals surface area contributed by atoms with Gasteiger partial charge in [-0.3, -0.25) is 4.79 Å². The molecule has 0 atom stereocenters. The number of carbonyl (C=O) groups excluding carboxylic acids is 1. The minimum atomic E-state index is -0.120. The van der Waals surface area contributed by atoms with E-state index < -0.39 is 0 Å². The van der Waals surface area contributed by atoms with Crippen molar-refractivity contribution < 1.29 is 9.32 Å². The standard InChI is InChI=1S/C15H14N4O2S/c1-10-3-2-4-11(9-10)14-18-13(21-19-14)6-5-12(20)17-15-16-7-8-22-15/h2-4,7-9H,5-6H2,1H3,(H,16,17,20). The number of rotatable bonds is 5. The zero-order valence-corrected chi connectivity index (χ0v) is 12.8. The molecule has 3 aromatic rings. The largest absolute Gasteiger partial charge is 0.339 e. The molecule has 1 N–H and O–H groups in total. The summed E-state index contributed by atoms with van der Waals surface area (Å²) in [6.07, 6.45) is 2.32. The number of amides is 1. The van der Waals surface area contributed by atoms with Crippen LogP contribution in [0.1, 0.15) is 17.9 Å². The monoisotopic (exact) mass is 314 g/mol. The Morgan fingerprint density at radius 3 is 3.09 bits per heavy atom. The lowest BCUT2D eigenvalue weighted by molar-refractivity contribution is -0.116. The number of benzene rings is 1. The molecule has 0 spiro atoms. The lowest BCUT2D eigenvalue weighted by atomic mass is 10.1. The first-order valence-electron chi connectivity index (χ1n) is 6.80. The molecule has 0 aliphatic carbocycles. The van der Waals surface area contributed by atoms with Crippen LogP contribution >= 0.6 is 11.3 Å². The fraction of sp³-hybridized carbons (Fsp3) is 0.200. The van der Waals surface area contributed by atoms with Gasteiger partial charge in [0.15, 0.2) is 5.13 Å². The van der Waals surface area contributed by atoms with Gasteiger partial charge in [0.05, 0.1) is 0 Å². The summed E-state index contributed by atoms with van der Waals surface area (Å²) in [5.74, 6) is 0.870. The van der Waals surface area contributed by atoms with E-state index in [1.807, 2.05) is 36.6 Å². The third-order valence-corrected chi connectivity index (χ3v) is 3.68. The molecule has 1 aromatic carbocycles. The van der Waals surface area contributed by atoms with E-state index in [1.54, 1.807) is 6.20 Å². The van der Waals surface area contributed by atoms with E-state index in [1.165, 1.54) is 11.3 Å². The molecule has 0 radical (unpaired) electrons. The van der Waals surface area contributed by atoms with Crippen molar-refractivity contribution in [2.24, 2.45) is 0 Å². The maximum Gasteiger partial charge on any atom is 0.227 e. The van der Waals surface area contributed by atoms with E-state index in [2.05, 4.69) is 20.4 Å².